The van der Waals surface area contributed by atoms with Crippen molar-refractivity contribution in [2.75, 3.05) is 6.54 Å². The highest BCUT2D eigenvalue weighted by atomic mass is 16.2. The molecule has 18 heavy (non-hydrogen) atoms. The van der Waals surface area contributed by atoms with E-state index in [4.69, 9.17) is 0 Å². The maximum absolute atomic E-state index is 12.5. The van der Waals surface area contributed by atoms with Crippen molar-refractivity contribution in [1.29, 1.82) is 0 Å². The predicted octanol–water partition coefficient (Wildman–Crippen LogP) is 2.70. The third kappa shape index (κ3) is 3.05. The quantitative estimate of drug-likeness (QED) is 0.837. The monoisotopic (exact) mass is 252 g/mol. The predicted molar refractivity (Wildman–Crippen MR) is 74.5 cm³/mol. The van der Waals surface area contributed by atoms with E-state index in [2.05, 4.69) is 31.0 Å². The molecule has 1 heterocycles. The standard InChI is InChI=1S/C15H28N2O/c1-4-5-10-17-13-9-7-6-8-12(13)16-15(2,3)11-14(17)18/h12-13,16H,4-11H2,1-3H3. The van der Waals surface area contributed by atoms with Gasteiger partial charge in [0.15, 0.2) is 0 Å². The van der Waals surface area contributed by atoms with Crippen molar-refractivity contribution in [2.45, 2.75) is 83.3 Å². The molecule has 1 amide bonds. The Morgan fingerprint density at radius 1 is 1.33 bits per heavy atom. The summed E-state index contributed by atoms with van der Waals surface area (Å²) < 4.78 is 0. The van der Waals surface area contributed by atoms with Crippen LogP contribution in [0.1, 0.15) is 65.7 Å². The van der Waals surface area contributed by atoms with Crippen LogP contribution in [0, 0.1) is 0 Å². The second-order valence-electron chi connectivity index (χ2n) is 6.60. The third-order valence-electron chi connectivity index (χ3n) is 4.37. The van der Waals surface area contributed by atoms with E-state index in [0.717, 1.165) is 19.4 Å². The number of rotatable bonds is 3. The van der Waals surface area contributed by atoms with E-state index in [1.165, 1.54) is 25.7 Å². The van der Waals surface area contributed by atoms with Crippen molar-refractivity contribution in [2.24, 2.45) is 0 Å². The maximum Gasteiger partial charge on any atom is 0.224 e. The van der Waals surface area contributed by atoms with Gasteiger partial charge in [0.1, 0.15) is 0 Å². The number of carbonyl (C=O) groups is 1. The second-order valence-corrected chi connectivity index (χ2v) is 6.60. The van der Waals surface area contributed by atoms with Gasteiger partial charge >= 0.3 is 0 Å². The van der Waals surface area contributed by atoms with Crippen LogP contribution in [0.15, 0.2) is 0 Å². The van der Waals surface area contributed by atoms with Crippen molar-refractivity contribution < 1.29 is 4.79 Å². The van der Waals surface area contributed by atoms with Crippen LogP contribution >= 0.6 is 0 Å². The molecule has 2 aliphatic rings. The van der Waals surface area contributed by atoms with E-state index in [-0.39, 0.29) is 5.54 Å². The molecule has 1 saturated heterocycles. The van der Waals surface area contributed by atoms with E-state index >= 15 is 0 Å². The molecule has 0 aromatic rings. The average Bonchev–Trinajstić information content (AvgIpc) is 2.39. The first-order valence-corrected chi connectivity index (χ1v) is 7.60. The molecule has 0 aromatic carbocycles. The van der Waals surface area contributed by atoms with Gasteiger partial charge in [-0.05, 0) is 33.1 Å². The minimum absolute atomic E-state index is 0.0433. The highest BCUT2D eigenvalue weighted by molar-refractivity contribution is 5.78. The van der Waals surface area contributed by atoms with Crippen molar-refractivity contribution in [3.05, 3.63) is 0 Å². The van der Waals surface area contributed by atoms with Gasteiger partial charge in [-0.15, -0.1) is 0 Å². The van der Waals surface area contributed by atoms with Crippen LogP contribution in [0.25, 0.3) is 0 Å². The van der Waals surface area contributed by atoms with E-state index in [9.17, 15) is 4.79 Å². The number of hydrogen-bond donors (Lipinski definition) is 1. The number of hydrogen-bond acceptors (Lipinski definition) is 2. The molecule has 1 aliphatic heterocycles. The lowest BCUT2D eigenvalue weighted by Crippen LogP contribution is -2.53. The zero-order valence-electron chi connectivity index (χ0n) is 12.2. The summed E-state index contributed by atoms with van der Waals surface area (Å²) in [5, 5.41) is 3.73. The summed E-state index contributed by atoms with van der Waals surface area (Å²) in [6.07, 6.45) is 7.93. The number of unbranched alkanes of at least 4 members (excludes halogenated alkanes) is 1. The van der Waals surface area contributed by atoms with Crippen molar-refractivity contribution >= 4 is 5.91 Å². The molecule has 1 N–H and O–H groups in total. The maximum atomic E-state index is 12.5. The lowest BCUT2D eigenvalue weighted by Gasteiger charge is -2.39. The Morgan fingerprint density at radius 2 is 2.06 bits per heavy atom. The molecule has 0 aromatic heterocycles. The molecule has 2 atom stereocenters. The Bertz CT molecular complexity index is 301. The van der Waals surface area contributed by atoms with Crippen molar-refractivity contribution in [1.82, 2.24) is 10.2 Å². The molecule has 104 valence electrons. The van der Waals surface area contributed by atoms with E-state index in [1.54, 1.807) is 0 Å². The number of fused-ring (bicyclic) bond motifs is 1. The first-order valence-electron chi connectivity index (χ1n) is 7.60. The van der Waals surface area contributed by atoms with E-state index in [1.807, 2.05) is 0 Å². The van der Waals surface area contributed by atoms with Crippen molar-refractivity contribution in [3.8, 4) is 0 Å². The summed E-state index contributed by atoms with van der Waals surface area (Å²) in [4.78, 5) is 14.7. The molecule has 0 bridgehead atoms. The molecular formula is C15H28N2O. The fourth-order valence-electron chi connectivity index (χ4n) is 3.49. The van der Waals surface area contributed by atoms with Crippen LogP contribution in [0.2, 0.25) is 0 Å². The first kappa shape index (κ1) is 13.9. The molecule has 3 heteroatoms. The lowest BCUT2D eigenvalue weighted by molar-refractivity contribution is -0.134. The second kappa shape index (κ2) is 5.60. The fraction of sp³-hybridized carbons (Fsp3) is 0.933. The van der Waals surface area contributed by atoms with Gasteiger partial charge in [-0.25, -0.2) is 0 Å². The first-order chi connectivity index (χ1) is 8.53. The summed E-state index contributed by atoms with van der Waals surface area (Å²) >= 11 is 0. The lowest BCUT2D eigenvalue weighted by atomic mass is 9.88. The summed E-state index contributed by atoms with van der Waals surface area (Å²) in [5.41, 5.74) is -0.0433. The van der Waals surface area contributed by atoms with Crippen molar-refractivity contribution in [3.63, 3.8) is 0 Å². The Balaban J connectivity index is 2.16. The summed E-state index contributed by atoms with van der Waals surface area (Å²) in [6.45, 7) is 7.48. The topological polar surface area (TPSA) is 32.3 Å². The van der Waals surface area contributed by atoms with Gasteiger partial charge in [0.2, 0.25) is 5.91 Å². The van der Waals surface area contributed by atoms with Gasteiger partial charge in [-0.1, -0.05) is 26.2 Å². The largest absolute Gasteiger partial charge is 0.338 e. The van der Waals surface area contributed by atoms with Crippen LogP contribution in [0.5, 0.6) is 0 Å². The van der Waals surface area contributed by atoms with Gasteiger partial charge in [-0.3, -0.25) is 4.79 Å². The zero-order chi connectivity index (χ0) is 13.2. The summed E-state index contributed by atoms with van der Waals surface area (Å²) in [7, 11) is 0. The fourth-order valence-corrected chi connectivity index (χ4v) is 3.49. The molecule has 0 spiro atoms. The SMILES string of the molecule is CCCCN1C(=O)CC(C)(C)NC2CCCCC21. The molecule has 0 radical (unpaired) electrons. The zero-order valence-corrected chi connectivity index (χ0v) is 12.2. The molecule has 1 saturated carbocycles. The molecule has 2 fully saturated rings. The molecule has 1 aliphatic carbocycles. The van der Waals surface area contributed by atoms with Crippen LogP contribution in [0.4, 0.5) is 0 Å². The van der Waals surface area contributed by atoms with E-state index < -0.39 is 0 Å². The number of amides is 1. The highest BCUT2D eigenvalue weighted by Crippen LogP contribution is 2.30. The third-order valence-corrected chi connectivity index (χ3v) is 4.37. The Kier molecular flexibility index (Phi) is 4.31. The minimum Gasteiger partial charge on any atom is -0.338 e. The normalized spacial score (nSPS) is 31.9. The minimum atomic E-state index is -0.0433. The molecular weight excluding hydrogens is 224 g/mol. The van der Waals surface area contributed by atoms with Gasteiger partial charge in [-0.2, -0.15) is 0 Å². The smallest absolute Gasteiger partial charge is 0.224 e. The number of nitrogens with one attached hydrogen (secondary N) is 1. The van der Waals surface area contributed by atoms with Crippen LogP contribution in [-0.2, 0) is 4.79 Å². The summed E-state index contributed by atoms with van der Waals surface area (Å²) in [6, 6.07) is 0.955. The van der Waals surface area contributed by atoms with Gasteiger partial charge < -0.3 is 10.2 Å². The molecule has 2 rings (SSSR count). The van der Waals surface area contributed by atoms with Crippen LogP contribution in [-0.4, -0.2) is 35.0 Å². The van der Waals surface area contributed by atoms with Crippen LogP contribution < -0.4 is 5.32 Å². The number of carbonyl (C=O) groups excluding carboxylic acids is 1. The Morgan fingerprint density at radius 3 is 2.78 bits per heavy atom. The highest BCUT2D eigenvalue weighted by Gasteiger charge is 2.40. The van der Waals surface area contributed by atoms with Crippen LogP contribution in [0.3, 0.4) is 0 Å². The van der Waals surface area contributed by atoms with Gasteiger partial charge in [0, 0.05) is 30.6 Å². The summed E-state index contributed by atoms with van der Waals surface area (Å²) in [5.74, 6) is 0.357. The Hall–Kier alpha value is -0.570. The average molecular weight is 252 g/mol. The van der Waals surface area contributed by atoms with E-state index in [0.29, 0.717) is 24.4 Å². The molecule has 2 unspecified atom stereocenters. The van der Waals surface area contributed by atoms with Gasteiger partial charge in [0.05, 0.1) is 0 Å². The number of nitrogens with zero attached hydrogens (tertiary/aromatic N) is 1. The van der Waals surface area contributed by atoms with Gasteiger partial charge in [0.25, 0.3) is 0 Å². The molecule has 3 nitrogen and oxygen atoms in total. The Labute approximate surface area is 111 Å².